The highest BCUT2D eigenvalue weighted by atomic mass is 16.5. The Hall–Kier alpha value is -4.28. The molecule has 156 valence electrons. The lowest BCUT2D eigenvalue weighted by atomic mass is 10.1. The second-order valence-electron chi connectivity index (χ2n) is 7.03. The van der Waals surface area contributed by atoms with Crippen LogP contribution in [0.3, 0.4) is 0 Å². The maximum Gasteiger partial charge on any atom is 0.231 e. The van der Waals surface area contributed by atoms with Crippen LogP contribution in [-0.4, -0.2) is 51.0 Å². The Balaban J connectivity index is 1.72. The predicted molar refractivity (Wildman–Crippen MR) is 114 cm³/mol. The van der Waals surface area contributed by atoms with Crippen molar-refractivity contribution in [2.75, 3.05) is 12.4 Å². The van der Waals surface area contributed by atoms with Crippen molar-refractivity contribution < 1.29 is 4.74 Å². The van der Waals surface area contributed by atoms with Crippen LogP contribution < -0.4 is 10.1 Å². The number of ether oxygens (including phenoxy) is 1. The van der Waals surface area contributed by atoms with Gasteiger partial charge in [0.25, 0.3) is 0 Å². The number of imidazole rings is 1. The van der Waals surface area contributed by atoms with Gasteiger partial charge in [-0.2, -0.15) is 10.1 Å². The molecule has 0 aromatic carbocycles. The van der Waals surface area contributed by atoms with E-state index in [1.165, 1.54) is 0 Å². The van der Waals surface area contributed by atoms with Crippen molar-refractivity contribution in [2.24, 2.45) is 14.1 Å². The van der Waals surface area contributed by atoms with Crippen LogP contribution in [0.5, 0.6) is 5.88 Å². The summed E-state index contributed by atoms with van der Waals surface area (Å²) in [5, 5.41) is 12.5. The summed E-state index contributed by atoms with van der Waals surface area (Å²) in [6.07, 6.45) is 9.03. The van der Waals surface area contributed by atoms with Crippen molar-refractivity contribution in [3.05, 3.63) is 48.7 Å². The van der Waals surface area contributed by atoms with Gasteiger partial charge in [0.15, 0.2) is 11.6 Å². The molecular formula is C20H20N10O. The van der Waals surface area contributed by atoms with Gasteiger partial charge in [0, 0.05) is 56.7 Å². The summed E-state index contributed by atoms with van der Waals surface area (Å²) in [5.74, 6) is 2.48. The van der Waals surface area contributed by atoms with Gasteiger partial charge in [0.1, 0.15) is 5.52 Å². The number of aryl methyl sites for hydroxylation is 3. The minimum absolute atomic E-state index is 0.366. The average molecular weight is 416 g/mol. The number of aromatic nitrogens is 9. The zero-order chi connectivity index (χ0) is 21.5. The standard InChI is InChI=1S/C20H20N10O/c1-12-13(14-6-9-29(3)26-14)11-30-16(12)17(25-20-22-7-5-15(23-20)31-4)24-18(27-30)19-21-8-10-28(19)2/h5-11H,1-4H3,(H,22,23,24,25,27). The molecule has 0 amide bonds. The minimum Gasteiger partial charge on any atom is -0.481 e. The lowest BCUT2D eigenvalue weighted by Gasteiger charge is -2.10. The molecule has 0 aliphatic rings. The summed E-state index contributed by atoms with van der Waals surface area (Å²) >= 11 is 0. The van der Waals surface area contributed by atoms with Gasteiger partial charge < -0.3 is 14.6 Å². The van der Waals surface area contributed by atoms with Gasteiger partial charge in [0.2, 0.25) is 17.7 Å². The van der Waals surface area contributed by atoms with Crippen molar-refractivity contribution in [3.63, 3.8) is 0 Å². The molecule has 0 fully saturated rings. The Bertz CT molecular complexity index is 1400. The highest BCUT2D eigenvalue weighted by Crippen LogP contribution is 2.32. The summed E-state index contributed by atoms with van der Waals surface area (Å²) < 4.78 is 10.6. The lowest BCUT2D eigenvalue weighted by molar-refractivity contribution is 0.397. The Morgan fingerprint density at radius 3 is 2.58 bits per heavy atom. The number of anilines is 2. The summed E-state index contributed by atoms with van der Waals surface area (Å²) in [6, 6.07) is 3.65. The van der Waals surface area contributed by atoms with Crippen LogP contribution in [0.4, 0.5) is 11.8 Å². The van der Waals surface area contributed by atoms with E-state index in [0.717, 1.165) is 22.3 Å². The van der Waals surface area contributed by atoms with E-state index < -0.39 is 0 Å². The van der Waals surface area contributed by atoms with E-state index >= 15 is 0 Å². The molecule has 0 unspecified atom stereocenters. The first-order valence-electron chi connectivity index (χ1n) is 9.55. The molecule has 0 radical (unpaired) electrons. The van der Waals surface area contributed by atoms with Crippen LogP contribution in [0.25, 0.3) is 28.4 Å². The average Bonchev–Trinajstić information content (AvgIpc) is 3.47. The summed E-state index contributed by atoms with van der Waals surface area (Å²) in [7, 11) is 5.35. The zero-order valence-electron chi connectivity index (χ0n) is 17.5. The molecule has 0 bridgehead atoms. The Morgan fingerprint density at radius 2 is 1.87 bits per heavy atom. The molecule has 0 spiro atoms. The van der Waals surface area contributed by atoms with Crippen molar-refractivity contribution in [1.82, 2.24) is 43.9 Å². The molecule has 5 rings (SSSR count). The second kappa shape index (κ2) is 7.20. The Morgan fingerprint density at radius 1 is 1.00 bits per heavy atom. The largest absolute Gasteiger partial charge is 0.481 e. The SMILES string of the molecule is COc1ccnc(Nc2nc(-c3nccn3C)nn3cc(-c4ccn(C)n4)c(C)c23)n1. The fraction of sp³-hybridized carbons (Fsp3) is 0.200. The lowest BCUT2D eigenvalue weighted by Crippen LogP contribution is -2.07. The van der Waals surface area contributed by atoms with E-state index in [1.807, 2.05) is 50.2 Å². The third-order valence-electron chi connectivity index (χ3n) is 4.96. The topological polar surface area (TPSA) is 113 Å². The first-order valence-corrected chi connectivity index (χ1v) is 9.55. The molecule has 0 aliphatic heterocycles. The molecule has 0 saturated heterocycles. The minimum atomic E-state index is 0.366. The van der Waals surface area contributed by atoms with Crippen LogP contribution in [0.1, 0.15) is 5.56 Å². The second-order valence-corrected chi connectivity index (χ2v) is 7.03. The van der Waals surface area contributed by atoms with Gasteiger partial charge >= 0.3 is 0 Å². The van der Waals surface area contributed by atoms with E-state index in [4.69, 9.17) is 14.8 Å². The molecule has 0 aliphatic carbocycles. The highest BCUT2D eigenvalue weighted by Gasteiger charge is 2.20. The van der Waals surface area contributed by atoms with Crippen molar-refractivity contribution >= 4 is 17.3 Å². The zero-order valence-corrected chi connectivity index (χ0v) is 17.5. The van der Waals surface area contributed by atoms with Gasteiger partial charge in [-0.05, 0) is 18.6 Å². The highest BCUT2D eigenvalue weighted by molar-refractivity contribution is 5.83. The quantitative estimate of drug-likeness (QED) is 0.465. The third-order valence-corrected chi connectivity index (χ3v) is 4.96. The predicted octanol–water partition coefficient (Wildman–Crippen LogP) is 2.38. The molecule has 0 saturated carbocycles. The van der Waals surface area contributed by atoms with Crippen LogP contribution in [0, 0.1) is 6.92 Å². The number of fused-ring (bicyclic) bond motifs is 1. The Labute approximate surface area is 177 Å². The number of nitrogens with zero attached hydrogens (tertiary/aromatic N) is 9. The smallest absolute Gasteiger partial charge is 0.231 e. The van der Waals surface area contributed by atoms with Crippen LogP contribution >= 0.6 is 0 Å². The first kappa shape index (κ1) is 18.7. The molecule has 11 nitrogen and oxygen atoms in total. The van der Waals surface area contributed by atoms with Crippen LogP contribution in [0.15, 0.2) is 43.1 Å². The molecule has 0 atom stereocenters. The maximum atomic E-state index is 5.21. The molecular weight excluding hydrogens is 396 g/mol. The maximum absolute atomic E-state index is 5.21. The van der Waals surface area contributed by atoms with Crippen LogP contribution in [-0.2, 0) is 14.1 Å². The number of hydrogen-bond donors (Lipinski definition) is 1. The van der Waals surface area contributed by atoms with Gasteiger partial charge in [-0.1, -0.05) is 0 Å². The van der Waals surface area contributed by atoms with Crippen molar-refractivity contribution in [3.8, 4) is 28.8 Å². The molecule has 5 aromatic heterocycles. The van der Waals surface area contributed by atoms with E-state index in [-0.39, 0.29) is 0 Å². The summed E-state index contributed by atoms with van der Waals surface area (Å²) in [6.45, 7) is 2.01. The van der Waals surface area contributed by atoms with Crippen molar-refractivity contribution in [2.45, 2.75) is 6.92 Å². The molecule has 11 heteroatoms. The fourth-order valence-electron chi connectivity index (χ4n) is 3.43. The first-order chi connectivity index (χ1) is 15.0. The molecule has 5 aromatic rings. The Kier molecular flexibility index (Phi) is 4.35. The van der Waals surface area contributed by atoms with E-state index in [2.05, 4.69) is 25.4 Å². The van der Waals surface area contributed by atoms with Gasteiger partial charge in [0.05, 0.1) is 12.8 Å². The molecule has 1 N–H and O–H groups in total. The van der Waals surface area contributed by atoms with E-state index in [1.54, 1.807) is 34.8 Å². The molecule has 31 heavy (non-hydrogen) atoms. The third kappa shape index (κ3) is 3.25. The van der Waals surface area contributed by atoms with Gasteiger partial charge in [-0.25, -0.2) is 19.5 Å². The van der Waals surface area contributed by atoms with Gasteiger partial charge in [-0.15, -0.1) is 5.10 Å². The number of nitrogens with one attached hydrogen (secondary N) is 1. The van der Waals surface area contributed by atoms with Gasteiger partial charge in [-0.3, -0.25) is 4.68 Å². The monoisotopic (exact) mass is 416 g/mol. The number of methoxy groups -OCH3 is 1. The number of hydrogen-bond acceptors (Lipinski definition) is 8. The van der Waals surface area contributed by atoms with Crippen LogP contribution in [0.2, 0.25) is 0 Å². The number of rotatable bonds is 5. The summed E-state index contributed by atoms with van der Waals surface area (Å²) in [4.78, 5) is 17.8. The summed E-state index contributed by atoms with van der Waals surface area (Å²) in [5.41, 5.74) is 3.59. The molecule has 5 heterocycles. The van der Waals surface area contributed by atoms with Crippen molar-refractivity contribution in [1.29, 1.82) is 0 Å². The normalized spacial score (nSPS) is 11.2. The fourth-order valence-corrected chi connectivity index (χ4v) is 3.43. The van der Waals surface area contributed by atoms with E-state index in [9.17, 15) is 0 Å². The van der Waals surface area contributed by atoms with E-state index in [0.29, 0.717) is 29.3 Å².